The van der Waals surface area contributed by atoms with Crippen molar-refractivity contribution < 1.29 is 4.79 Å². The van der Waals surface area contributed by atoms with Gasteiger partial charge in [-0.1, -0.05) is 42.0 Å². The van der Waals surface area contributed by atoms with Crippen LogP contribution in [0.1, 0.15) is 21.6 Å². The van der Waals surface area contributed by atoms with Crippen LogP contribution in [-0.4, -0.2) is 15.9 Å². The van der Waals surface area contributed by atoms with Gasteiger partial charge < -0.3 is 10.6 Å². The first-order valence-corrected chi connectivity index (χ1v) is 8.58. The number of rotatable bonds is 5. The Morgan fingerprint density at radius 1 is 1.04 bits per heavy atom. The summed E-state index contributed by atoms with van der Waals surface area (Å²) in [5.41, 5.74) is 3.33. The molecule has 1 heterocycles. The number of amides is 1. The maximum absolute atomic E-state index is 12.2. The van der Waals surface area contributed by atoms with Crippen molar-refractivity contribution in [3.8, 4) is 0 Å². The quantitative estimate of drug-likeness (QED) is 0.669. The molecule has 0 aliphatic heterocycles. The number of aromatic nitrogens is 2. The van der Waals surface area contributed by atoms with Gasteiger partial charge in [0.05, 0.1) is 18.1 Å². The second kappa shape index (κ2) is 7.90. The Morgan fingerprint density at radius 2 is 1.80 bits per heavy atom. The molecule has 1 amide bonds. The summed E-state index contributed by atoms with van der Waals surface area (Å²) in [6.45, 7) is 2.71. The zero-order valence-electron chi connectivity index (χ0n) is 13.7. The van der Waals surface area contributed by atoms with Crippen LogP contribution in [0, 0.1) is 6.92 Å². The number of nitrogens with one attached hydrogen (secondary N) is 2. The van der Waals surface area contributed by atoms with Crippen molar-refractivity contribution in [3.05, 3.63) is 82.2 Å². The number of carbonyl (C=O) groups excluding carboxylic acids is 1. The van der Waals surface area contributed by atoms with Gasteiger partial charge in [-0.15, -0.1) is 0 Å². The Labute approximate surface area is 154 Å². The van der Waals surface area contributed by atoms with Crippen LogP contribution in [0.2, 0.25) is 0 Å². The number of aryl methyl sites for hydroxylation is 1. The maximum Gasteiger partial charge on any atom is 0.275 e. The van der Waals surface area contributed by atoms with Crippen molar-refractivity contribution in [1.82, 2.24) is 9.97 Å². The first-order chi connectivity index (χ1) is 12.1. The van der Waals surface area contributed by atoms with Crippen molar-refractivity contribution in [2.45, 2.75) is 13.5 Å². The number of nitrogens with zero attached hydrogens (tertiary/aromatic N) is 2. The zero-order chi connectivity index (χ0) is 17.6. The van der Waals surface area contributed by atoms with Crippen LogP contribution in [0.15, 0.2) is 65.4 Å². The van der Waals surface area contributed by atoms with Gasteiger partial charge in [0.2, 0.25) is 0 Å². The van der Waals surface area contributed by atoms with E-state index in [9.17, 15) is 4.79 Å². The Kier molecular flexibility index (Phi) is 5.40. The number of benzene rings is 2. The van der Waals surface area contributed by atoms with E-state index in [0.717, 1.165) is 10.0 Å². The summed E-state index contributed by atoms with van der Waals surface area (Å²) < 4.78 is 0.813. The lowest BCUT2D eigenvalue weighted by molar-refractivity contribution is 0.102. The molecule has 0 atom stereocenters. The fourth-order valence-electron chi connectivity index (χ4n) is 2.18. The molecule has 3 aromatic rings. The molecule has 0 aliphatic carbocycles. The summed E-state index contributed by atoms with van der Waals surface area (Å²) in [5.74, 6) is 0.322. The average Bonchev–Trinajstić information content (AvgIpc) is 2.63. The van der Waals surface area contributed by atoms with Gasteiger partial charge in [-0.2, -0.15) is 0 Å². The molecule has 6 heteroatoms. The topological polar surface area (TPSA) is 66.9 Å². The third-order valence-corrected chi connectivity index (χ3v) is 4.29. The van der Waals surface area contributed by atoms with E-state index < -0.39 is 0 Å². The predicted molar refractivity (Wildman–Crippen MR) is 103 cm³/mol. The first-order valence-electron chi connectivity index (χ1n) is 7.79. The summed E-state index contributed by atoms with van der Waals surface area (Å²) >= 11 is 3.40. The molecule has 0 spiro atoms. The molecule has 0 aliphatic rings. The lowest BCUT2D eigenvalue weighted by Gasteiger charge is -2.08. The number of halogens is 1. The van der Waals surface area contributed by atoms with Crippen molar-refractivity contribution >= 4 is 33.3 Å². The fraction of sp³-hybridized carbons (Fsp3) is 0.105. The maximum atomic E-state index is 12.2. The van der Waals surface area contributed by atoms with Crippen LogP contribution in [0.25, 0.3) is 0 Å². The highest BCUT2D eigenvalue weighted by atomic mass is 79.9. The van der Waals surface area contributed by atoms with Gasteiger partial charge in [-0.25, -0.2) is 9.97 Å². The summed E-state index contributed by atoms with van der Waals surface area (Å²) in [4.78, 5) is 20.7. The molecule has 2 N–H and O–H groups in total. The Bertz CT molecular complexity index is 863. The lowest BCUT2D eigenvalue weighted by Crippen LogP contribution is -2.14. The molecule has 0 saturated heterocycles. The molecule has 25 heavy (non-hydrogen) atoms. The zero-order valence-corrected chi connectivity index (χ0v) is 15.2. The van der Waals surface area contributed by atoms with Crippen LogP contribution in [0.5, 0.6) is 0 Å². The molecular weight excluding hydrogens is 380 g/mol. The SMILES string of the molecule is Cc1ccc(CNc2cnc(C(=O)Nc3ccccc3Br)cn2)cc1. The van der Waals surface area contributed by atoms with Gasteiger partial charge in [-0.3, -0.25) is 4.79 Å². The Balaban J connectivity index is 1.60. The minimum Gasteiger partial charge on any atom is -0.365 e. The van der Waals surface area contributed by atoms with Crippen molar-refractivity contribution in [1.29, 1.82) is 0 Å². The fourth-order valence-corrected chi connectivity index (χ4v) is 2.57. The van der Waals surface area contributed by atoms with Gasteiger partial charge in [0, 0.05) is 11.0 Å². The predicted octanol–water partition coefficient (Wildman–Crippen LogP) is 4.41. The normalized spacial score (nSPS) is 10.3. The molecular formula is C19H17BrN4O. The second-order valence-electron chi connectivity index (χ2n) is 5.56. The highest BCUT2D eigenvalue weighted by Gasteiger charge is 2.10. The highest BCUT2D eigenvalue weighted by Crippen LogP contribution is 2.21. The smallest absolute Gasteiger partial charge is 0.275 e. The molecule has 0 bridgehead atoms. The summed E-state index contributed by atoms with van der Waals surface area (Å²) in [6.07, 6.45) is 3.02. The third-order valence-electron chi connectivity index (χ3n) is 3.60. The number of para-hydroxylation sites is 1. The van der Waals surface area contributed by atoms with Crippen LogP contribution >= 0.6 is 15.9 Å². The van der Waals surface area contributed by atoms with Gasteiger partial charge in [0.15, 0.2) is 0 Å². The van der Waals surface area contributed by atoms with Gasteiger partial charge in [0.1, 0.15) is 11.5 Å². The van der Waals surface area contributed by atoms with Crippen LogP contribution in [0.4, 0.5) is 11.5 Å². The minimum absolute atomic E-state index is 0.261. The van der Waals surface area contributed by atoms with Crippen LogP contribution in [-0.2, 0) is 6.54 Å². The van der Waals surface area contributed by atoms with E-state index in [-0.39, 0.29) is 11.6 Å². The number of hydrogen-bond acceptors (Lipinski definition) is 4. The molecule has 0 saturated carbocycles. The molecule has 1 aromatic heterocycles. The standard InChI is InChI=1S/C19H17BrN4O/c1-13-6-8-14(9-7-13)10-22-18-12-21-17(11-23-18)19(25)24-16-5-3-2-4-15(16)20/h2-9,11-12H,10H2,1H3,(H,22,23)(H,24,25). The van der Waals surface area contributed by atoms with Crippen LogP contribution < -0.4 is 10.6 Å². The van der Waals surface area contributed by atoms with Gasteiger partial charge >= 0.3 is 0 Å². The van der Waals surface area contributed by atoms with E-state index in [1.807, 2.05) is 24.3 Å². The summed E-state index contributed by atoms with van der Waals surface area (Å²) in [6, 6.07) is 15.7. The van der Waals surface area contributed by atoms with E-state index in [2.05, 4.69) is 67.7 Å². The molecule has 3 rings (SSSR count). The lowest BCUT2D eigenvalue weighted by atomic mass is 10.1. The minimum atomic E-state index is -0.301. The largest absolute Gasteiger partial charge is 0.365 e. The van der Waals surface area contributed by atoms with Gasteiger partial charge in [-0.05, 0) is 40.5 Å². The average molecular weight is 397 g/mol. The summed E-state index contributed by atoms with van der Waals surface area (Å²) in [7, 11) is 0. The van der Waals surface area contributed by atoms with E-state index in [1.54, 1.807) is 6.20 Å². The monoisotopic (exact) mass is 396 g/mol. The third kappa shape index (κ3) is 4.64. The molecule has 126 valence electrons. The van der Waals surface area contributed by atoms with E-state index >= 15 is 0 Å². The highest BCUT2D eigenvalue weighted by molar-refractivity contribution is 9.10. The van der Waals surface area contributed by atoms with Crippen molar-refractivity contribution in [3.63, 3.8) is 0 Å². The second-order valence-corrected chi connectivity index (χ2v) is 6.41. The van der Waals surface area contributed by atoms with Gasteiger partial charge in [0.25, 0.3) is 5.91 Å². The van der Waals surface area contributed by atoms with Crippen molar-refractivity contribution in [2.75, 3.05) is 10.6 Å². The molecule has 5 nitrogen and oxygen atoms in total. The van der Waals surface area contributed by atoms with E-state index in [1.165, 1.54) is 11.8 Å². The summed E-state index contributed by atoms with van der Waals surface area (Å²) in [5, 5.41) is 5.99. The molecule has 0 radical (unpaired) electrons. The number of hydrogen-bond donors (Lipinski definition) is 2. The molecule has 0 unspecified atom stereocenters. The molecule has 2 aromatic carbocycles. The molecule has 0 fully saturated rings. The Hall–Kier alpha value is -2.73. The Morgan fingerprint density at radius 3 is 2.48 bits per heavy atom. The van der Waals surface area contributed by atoms with E-state index in [4.69, 9.17) is 0 Å². The van der Waals surface area contributed by atoms with Crippen LogP contribution in [0.3, 0.4) is 0 Å². The van der Waals surface area contributed by atoms with Crippen molar-refractivity contribution in [2.24, 2.45) is 0 Å². The number of anilines is 2. The first kappa shape index (κ1) is 17.1. The van der Waals surface area contributed by atoms with E-state index in [0.29, 0.717) is 18.1 Å². The number of carbonyl (C=O) groups is 1.